The number of para-hydroxylation sites is 2. The number of benzene rings is 2. The average Bonchev–Trinajstić information content (AvgIpc) is 3.02. The number of carbonyl (C=O) groups excluding carboxylic acids is 1. The number of rotatable bonds is 8. The summed E-state index contributed by atoms with van der Waals surface area (Å²) in [6, 6.07) is 13.4. The molecule has 1 atom stereocenters. The normalized spacial score (nSPS) is 15.6. The van der Waals surface area contributed by atoms with Crippen LogP contribution in [0.1, 0.15) is 18.1 Å². The van der Waals surface area contributed by atoms with Gasteiger partial charge in [-0.2, -0.15) is 8.78 Å². The molecule has 0 spiro atoms. The molecule has 1 amide bonds. The van der Waals surface area contributed by atoms with Crippen molar-refractivity contribution in [1.82, 2.24) is 5.32 Å². The largest absolute Gasteiger partial charge is 0.493 e. The van der Waals surface area contributed by atoms with Crippen molar-refractivity contribution in [2.24, 2.45) is 0 Å². The van der Waals surface area contributed by atoms with E-state index < -0.39 is 6.61 Å². The Bertz CT molecular complexity index is 886. The second-order valence-corrected chi connectivity index (χ2v) is 6.76. The summed E-state index contributed by atoms with van der Waals surface area (Å²) >= 11 is 0. The van der Waals surface area contributed by atoms with Crippen LogP contribution in [0.5, 0.6) is 11.5 Å². The molecule has 0 fully saturated rings. The third kappa shape index (κ3) is 5.04. The van der Waals surface area contributed by atoms with Gasteiger partial charge >= 0.3 is 6.61 Å². The van der Waals surface area contributed by atoms with Gasteiger partial charge in [-0.05, 0) is 37.1 Å². The van der Waals surface area contributed by atoms with Crippen LogP contribution in [0.15, 0.2) is 48.5 Å². The van der Waals surface area contributed by atoms with E-state index >= 15 is 0 Å². The maximum absolute atomic E-state index is 12.7. The highest BCUT2D eigenvalue weighted by molar-refractivity contribution is 5.92. The van der Waals surface area contributed by atoms with Gasteiger partial charge in [0.05, 0.1) is 7.11 Å². The van der Waals surface area contributed by atoms with Crippen molar-refractivity contribution >= 4 is 17.7 Å². The summed E-state index contributed by atoms with van der Waals surface area (Å²) in [7, 11) is 1.37. The summed E-state index contributed by atoms with van der Waals surface area (Å²) in [5, 5.41) is 2.83. The smallest absolute Gasteiger partial charge is 0.387 e. The molecule has 1 unspecified atom stereocenters. The standard InChI is InChI=1S/C22H24F2N2O3/c1-15-14-17-6-3-4-8-18(17)26(15)13-12-25-20(27)11-10-16-7-5-9-19(28-2)21(16)29-22(23)24/h3-11,15,22H,12-14H2,1-2H3,(H,25,27)/b11-10+. The lowest BCUT2D eigenvalue weighted by atomic mass is 10.1. The van der Waals surface area contributed by atoms with Crippen LogP contribution in [-0.2, 0) is 11.2 Å². The van der Waals surface area contributed by atoms with Crippen LogP contribution in [0.4, 0.5) is 14.5 Å². The van der Waals surface area contributed by atoms with Crippen LogP contribution < -0.4 is 19.7 Å². The molecule has 0 saturated carbocycles. The zero-order chi connectivity index (χ0) is 20.8. The minimum absolute atomic E-state index is 0.100. The molecule has 7 heteroatoms. The summed E-state index contributed by atoms with van der Waals surface area (Å²) in [5.41, 5.74) is 2.85. The fourth-order valence-corrected chi connectivity index (χ4v) is 3.53. The third-order valence-electron chi connectivity index (χ3n) is 4.85. The van der Waals surface area contributed by atoms with Crippen LogP contribution in [0, 0.1) is 0 Å². The number of fused-ring (bicyclic) bond motifs is 1. The predicted molar refractivity (Wildman–Crippen MR) is 109 cm³/mol. The number of methoxy groups -OCH3 is 1. The van der Waals surface area contributed by atoms with E-state index in [0.29, 0.717) is 24.7 Å². The molecule has 3 rings (SSSR count). The summed E-state index contributed by atoms with van der Waals surface area (Å²) in [5.74, 6) is -0.234. The van der Waals surface area contributed by atoms with Gasteiger partial charge in [0, 0.05) is 36.5 Å². The third-order valence-corrected chi connectivity index (χ3v) is 4.85. The Hall–Kier alpha value is -3.09. The summed E-state index contributed by atoms with van der Waals surface area (Å²) in [6.45, 7) is 0.337. The van der Waals surface area contributed by atoms with Gasteiger partial charge in [0.1, 0.15) is 0 Å². The Kier molecular flexibility index (Phi) is 6.69. The minimum Gasteiger partial charge on any atom is -0.493 e. The number of hydrogen-bond acceptors (Lipinski definition) is 4. The van der Waals surface area contributed by atoms with Gasteiger partial charge in [0.25, 0.3) is 0 Å². The highest BCUT2D eigenvalue weighted by atomic mass is 19.3. The van der Waals surface area contributed by atoms with Crippen molar-refractivity contribution in [2.75, 3.05) is 25.1 Å². The number of carbonyl (C=O) groups is 1. The maximum Gasteiger partial charge on any atom is 0.387 e. The molecule has 0 aromatic heterocycles. The molecule has 0 bridgehead atoms. The number of hydrogen-bond donors (Lipinski definition) is 1. The molecule has 1 N–H and O–H groups in total. The lowest BCUT2D eigenvalue weighted by Gasteiger charge is -2.24. The van der Waals surface area contributed by atoms with Crippen molar-refractivity contribution in [3.8, 4) is 11.5 Å². The van der Waals surface area contributed by atoms with Crippen molar-refractivity contribution in [2.45, 2.75) is 26.0 Å². The van der Waals surface area contributed by atoms with Crippen molar-refractivity contribution < 1.29 is 23.0 Å². The molecule has 1 heterocycles. The topological polar surface area (TPSA) is 50.8 Å². The number of anilines is 1. The van der Waals surface area contributed by atoms with E-state index in [4.69, 9.17) is 4.74 Å². The SMILES string of the molecule is COc1cccc(/C=C/C(=O)NCCN2c3ccccc3CC2C)c1OC(F)F. The van der Waals surface area contributed by atoms with E-state index in [1.807, 2.05) is 12.1 Å². The number of alkyl halides is 2. The highest BCUT2D eigenvalue weighted by Crippen LogP contribution is 2.33. The average molecular weight is 402 g/mol. The predicted octanol–water partition coefficient (Wildman–Crippen LogP) is 3.88. The van der Waals surface area contributed by atoms with Crippen LogP contribution in [0.2, 0.25) is 0 Å². The minimum atomic E-state index is -2.99. The van der Waals surface area contributed by atoms with Crippen LogP contribution >= 0.6 is 0 Å². The summed E-state index contributed by atoms with van der Waals surface area (Å²) in [4.78, 5) is 14.4. The molecular formula is C22H24F2N2O3. The number of nitrogens with one attached hydrogen (secondary N) is 1. The zero-order valence-corrected chi connectivity index (χ0v) is 16.4. The first kappa shape index (κ1) is 20.6. The second kappa shape index (κ2) is 9.41. The molecule has 0 saturated heterocycles. The van der Waals surface area contributed by atoms with Gasteiger partial charge in [-0.3, -0.25) is 4.79 Å². The van der Waals surface area contributed by atoms with Gasteiger partial charge in [0.15, 0.2) is 11.5 Å². The molecule has 0 aliphatic carbocycles. The number of ether oxygens (including phenoxy) is 2. The fourth-order valence-electron chi connectivity index (χ4n) is 3.53. The summed E-state index contributed by atoms with van der Waals surface area (Å²) < 4.78 is 35.0. The Morgan fingerprint density at radius 2 is 2.07 bits per heavy atom. The van der Waals surface area contributed by atoms with E-state index in [1.54, 1.807) is 12.1 Å². The molecule has 0 radical (unpaired) electrons. The Labute approximate surface area is 168 Å². The fraction of sp³-hybridized carbons (Fsp3) is 0.318. The molecule has 154 valence electrons. The maximum atomic E-state index is 12.7. The van der Waals surface area contributed by atoms with Gasteiger partial charge < -0.3 is 19.7 Å². The summed E-state index contributed by atoms with van der Waals surface area (Å²) in [6.07, 6.45) is 3.73. The lowest BCUT2D eigenvalue weighted by molar-refractivity contribution is -0.116. The first-order valence-corrected chi connectivity index (χ1v) is 9.42. The van der Waals surface area contributed by atoms with E-state index in [1.165, 1.54) is 36.6 Å². The number of amides is 1. The van der Waals surface area contributed by atoms with Crippen molar-refractivity contribution in [1.29, 1.82) is 0 Å². The van der Waals surface area contributed by atoms with Gasteiger partial charge in [-0.25, -0.2) is 0 Å². The van der Waals surface area contributed by atoms with E-state index in [2.05, 4.69) is 34.0 Å². The zero-order valence-electron chi connectivity index (χ0n) is 16.4. The van der Waals surface area contributed by atoms with Crippen molar-refractivity contribution in [3.63, 3.8) is 0 Å². The van der Waals surface area contributed by atoms with Crippen LogP contribution in [0.3, 0.4) is 0 Å². The molecule has 1 aliphatic rings. The Morgan fingerprint density at radius 3 is 2.83 bits per heavy atom. The van der Waals surface area contributed by atoms with Crippen LogP contribution in [0.25, 0.3) is 6.08 Å². The van der Waals surface area contributed by atoms with E-state index in [0.717, 1.165) is 6.42 Å². The monoisotopic (exact) mass is 402 g/mol. The molecule has 5 nitrogen and oxygen atoms in total. The van der Waals surface area contributed by atoms with Gasteiger partial charge in [-0.1, -0.05) is 30.3 Å². The lowest BCUT2D eigenvalue weighted by Crippen LogP contribution is -2.37. The Morgan fingerprint density at radius 1 is 1.28 bits per heavy atom. The number of halogens is 2. The second-order valence-electron chi connectivity index (χ2n) is 6.76. The molecule has 29 heavy (non-hydrogen) atoms. The van der Waals surface area contributed by atoms with E-state index in [9.17, 15) is 13.6 Å². The first-order valence-electron chi connectivity index (χ1n) is 9.42. The van der Waals surface area contributed by atoms with Crippen molar-refractivity contribution in [3.05, 3.63) is 59.7 Å². The van der Waals surface area contributed by atoms with E-state index in [-0.39, 0.29) is 17.4 Å². The van der Waals surface area contributed by atoms with Crippen LogP contribution in [-0.4, -0.2) is 38.8 Å². The molecule has 2 aromatic carbocycles. The molecular weight excluding hydrogens is 378 g/mol. The quantitative estimate of drug-likeness (QED) is 0.681. The van der Waals surface area contributed by atoms with Gasteiger partial charge in [0.2, 0.25) is 5.91 Å². The number of nitrogens with zero attached hydrogens (tertiary/aromatic N) is 1. The first-order chi connectivity index (χ1) is 14.0. The molecule has 1 aliphatic heterocycles. The molecule has 2 aromatic rings. The van der Waals surface area contributed by atoms with Gasteiger partial charge in [-0.15, -0.1) is 0 Å². The highest BCUT2D eigenvalue weighted by Gasteiger charge is 2.24. The Balaban J connectivity index is 1.58.